The zero-order valence-corrected chi connectivity index (χ0v) is 11.4. The van der Waals surface area contributed by atoms with Gasteiger partial charge in [0.25, 0.3) is 0 Å². The molecule has 2 rings (SSSR count). The van der Waals surface area contributed by atoms with Crippen molar-refractivity contribution in [2.45, 2.75) is 6.04 Å². The van der Waals surface area contributed by atoms with Crippen LogP contribution in [-0.4, -0.2) is 25.2 Å². The second kappa shape index (κ2) is 6.56. The lowest BCUT2D eigenvalue weighted by Crippen LogP contribution is -2.22. The molecule has 5 heteroatoms. The number of pyridine rings is 1. The van der Waals surface area contributed by atoms with Crippen LogP contribution in [0, 0.1) is 0 Å². The summed E-state index contributed by atoms with van der Waals surface area (Å²) in [6, 6.07) is 14.0. The summed E-state index contributed by atoms with van der Waals surface area (Å²) in [5, 5.41) is 3.06. The van der Waals surface area contributed by atoms with Crippen LogP contribution in [0.1, 0.15) is 11.6 Å². The maximum absolute atomic E-state index is 11.9. The fraction of sp³-hybridized carbons (Fsp3) is 0.200. The number of carbonyl (C=O) groups excluding carboxylic acids is 1. The fourth-order valence-corrected chi connectivity index (χ4v) is 1.80. The van der Waals surface area contributed by atoms with Crippen molar-refractivity contribution < 1.29 is 14.3 Å². The van der Waals surface area contributed by atoms with Crippen molar-refractivity contribution in [1.29, 1.82) is 0 Å². The van der Waals surface area contributed by atoms with Gasteiger partial charge in [-0.1, -0.05) is 36.4 Å². The van der Waals surface area contributed by atoms with Gasteiger partial charge in [0.2, 0.25) is 5.88 Å². The minimum absolute atomic E-state index is 0.374. The number of nitrogens with one attached hydrogen (secondary N) is 1. The molecule has 0 aliphatic heterocycles. The Balaban J connectivity index is 2.26. The summed E-state index contributed by atoms with van der Waals surface area (Å²) in [5.41, 5.74) is 0.809. The topological polar surface area (TPSA) is 60.5 Å². The van der Waals surface area contributed by atoms with Gasteiger partial charge in [0.15, 0.2) is 6.04 Å². The molecule has 0 saturated heterocycles. The summed E-state index contributed by atoms with van der Waals surface area (Å²) in [7, 11) is 2.90. The van der Waals surface area contributed by atoms with Gasteiger partial charge in [-0.15, -0.1) is 0 Å². The predicted molar refractivity (Wildman–Crippen MR) is 75.6 cm³/mol. The number of carbonyl (C=O) groups is 1. The van der Waals surface area contributed by atoms with Crippen molar-refractivity contribution in [2.24, 2.45) is 0 Å². The maximum Gasteiger partial charge on any atom is 0.333 e. The first-order valence-electron chi connectivity index (χ1n) is 6.15. The molecule has 0 amide bonds. The molecule has 0 aliphatic rings. The Morgan fingerprint density at radius 1 is 1.10 bits per heavy atom. The Morgan fingerprint density at radius 3 is 2.50 bits per heavy atom. The van der Waals surface area contributed by atoms with E-state index < -0.39 is 6.04 Å². The number of nitrogens with zero attached hydrogens (tertiary/aromatic N) is 1. The first kappa shape index (κ1) is 13.9. The molecule has 0 spiro atoms. The van der Waals surface area contributed by atoms with Gasteiger partial charge < -0.3 is 14.8 Å². The molecule has 104 valence electrons. The molecule has 1 aromatic heterocycles. The van der Waals surface area contributed by atoms with Crippen LogP contribution in [-0.2, 0) is 9.53 Å². The van der Waals surface area contributed by atoms with E-state index in [4.69, 9.17) is 9.47 Å². The minimum atomic E-state index is -0.610. The highest BCUT2D eigenvalue weighted by Crippen LogP contribution is 2.21. The van der Waals surface area contributed by atoms with Crippen LogP contribution in [0.4, 0.5) is 5.82 Å². The average Bonchev–Trinajstić information content (AvgIpc) is 2.53. The van der Waals surface area contributed by atoms with Gasteiger partial charge in [0.1, 0.15) is 5.82 Å². The zero-order valence-electron chi connectivity index (χ0n) is 11.4. The SMILES string of the molecule is COC(=O)C(Nc1cccc(OC)n1)c1ccccc1. The first-order chi connectivity index (χ1) is 9.74. The van der Waals surface area contributed by atoms with Gasteiger partial charge >= 0.3 is 5.97 Å². The number of methoxy groups -OCH3 is 2. The Labute approximate surface area is 117 Å². The van der Waals surface area contributed by atoms with Crippen molar-refractivity contribution in [1.82, 2.24) is 4.98 Å². The molecule has 0 saturated carbocycles. The zero-order chi connectivity index (χ0) is 14.4. The number of rotatable bonds is 5. The van der Waals surface area contributed by atoms with Crippen molar-refractivity contribution in [3.63, 3.8) is 0 Å². The monoisotopic (exact) mass is 272 g/mol. The maximum atomic E-state index is 11.9. The Morgan fingerprint density at radius 2 is 1.85 bits per heavy atom. The van der Waals surface area contributed by atoms with Gasteiger partial charge in [0.05, 0.1) is 14.2 Å². The highest BCUT2D eigenvalue weighted by Gasteiger charge is 2.21. The molecule has 1 heterocycles. The van der Waals surface area contributed by atoms with Gasteiger partial charge in [-0.05, 0) is 11.6 Å². The van der Waals surface area contributed by atoms with E-state index in [1.807, 2.05) is 30.3 Å². The summed E-state index contributed by atoms with van der Waals surface area (Å²) in [6.07, 6.45) is 0. The average molecular weight is 272 g/mol. The smallest absolute Gasteiger partial charge is 0.333 e. The molecule has 0 aliphatic carbocycles. The lowest BCUT2D eigenvalue weighted by atomic mass is 10.1. The van der Waals surface area contributed by atoms with E-state index in [2.05, 4.69) is 10.3 Å². The van der Waals surface area contributed by atoms with Crippen LogP contribution in [0.15, 0.2) is 48.5 Å². The number of aromatic nitrogens is 1. The van der Waals surface area contributed by atoms with E-state index in [0.29, 0.717) is 11.7 Å². The van der Waals surface area contributed by atoms with Crippen LogP contribution in [0.5, 0.6) is 5.88 Å². The number of ether oxygens (including phenoxy) is 2. The molecular weight excluding hydrogens is 256 g/mol. The number of benzene rings is 1. The fourth-order valence-electron chi connectivity index (χ4n) is 1.80. The van der Waals surface area contributed by atoms with Crippen molar-refractivity contribution in [3.8, 4) is 5.88 Å². The third kappa shape index (κ3) is 3.26. The van der Waals surface area contributed by atoms with E-state index in [1.54, 1.807) is 25.3 Å². The number of hydrogen-bond acceptors (Lipinski definition) is 5. The quantitative estimate of drug-likeness (QED) is 0.847. The van der Waals surface area contributed by atoms with E-state index in [1.165, 1.54) is 7.11 Å². The van der Waals surface area contributed by atoms with E-state index in [0.717, 1.165) is 5.56 Å². The molecule has 0 radical (unpaired) electrons. The van der Waals surface area contributed by atoms with Crippen molar-refractivity contribution in [2.75, 3.05) is 19.5 Å². The van der Waals surface area contributed by atoms with Crippen molar-refractivity contribution in [3.05, 3.63) is 54.1 Å². The third-order valence-corrected chi connectivity index (χ3v) is 2.79. The molecule has 1 atom stereocenters. The van der Waals surface area contributed by atoms with Crippen molar-refractivity contribution >= 4 is 11.8 Å². The van der Waals surface area contributed by atoms with Crippen LogP contribution in [0.25, 0.3) is 0 Å². The van der Waals surface area contributed by atoms with E-state index >= 15 is 0 Å². The van der Waals surface area contributed by atoms with Gasteiger partial charge in [-0.25, -0.2) is 4.79 Å². The number of esters is 1. The summed E-state index contributed by atoms with van der Waals surface area (Å²) in [5.74, 6) is 0.649. The third-order valence-electron chi connectivity index (χ3n) is 2.79. The first-order valence-corrected chi connectivity index (χ1v) is 6.15. The van der Waals surface area contributed by atoms with Crippen LogP contribution < -0.4 is 10.1 Å². The van der Waals surface area contributed by atoms with Gasteiger partial charge in [0, 0.05) is 6.07 Å². The molecule has 20 heavy (non-hydrogen) atoms. The normalized spacial score (nSPS) is 11.5. The minimum Gasteiger partial charge on any atom is -0.481 e. The molecule has 1 N–H and O–H groups in total. The van der Waals surface area contributed by atoms with Crippen LogP contribution in [0.2, 0.25) is 0 Å². The highest BCUT2D eigenvalue weighted by atomic mass is 16.5. The molecular formula is C15H16N2O3. The summed E-state index contributed by atoms with van der Waals surface area (Å²) in [4.78, 5) is 16.2. The van der Waals surface area contributed by atoms with E-state index in [-0.39, 0.29) is 5.97 Å². The lowest BCUT2D eigenvalue weighted by molar-refractivity contribution is -0.141. The summed E-state index contributed by atoms with van der Waals surface area (Å²) < 4.78 is 9.90. The lowest BCUT2D eigenvalue weighted by Gasteiger charge is -2.17. The van der Waals surface area contributed by atoms with Gasteiger partial charge in [-0.3, -0.25) is 0 Å². The van der Waals surface area contributed by atoms with Gasteiger partial charge in [-0.2, -0.15) is 4.98 Å². The number of hydrogen-bond donors (Lipinski definition) is 1. The standard InChI is InChI=1S/C15H16N2O3/c1-19-13-10-6-9-12(16-13)17-14(15(18)20-2)11-7-4-3-5-8-11/h3-10,14H,1-2H3,(H,16,17). The van der Waals surface area contributed by atoms with Crippen LogP contribution in [0.3, 0.4) is 0 Å². The highest BCUT2D eigenvalue weighted by molar-refractivity contribution is 5.80. The largest absolute Gasteiger partial charge is 0.481 e. The second-order valence-corrected chi connectivity index (χ2v) is 4.08. The Hall–Kier alpha value is -2.56. The summed E-state index contributed by atoms with van der Waals surface area (Å²) in [6.45, 7) is 0. The summed E-state index contributed by atoms with van der Waals surface area (Å²) >= 11 is 0. The second-order valence-electron chi connectivity index (χ2n) is 4.08. The number of anilines is 1. The van der Waals surface area contributed by atoms with Crippen LogP contribution >= 0.6 is 0 Å². The Bertz CT molecular complexity index is 572. The van der Waals surface area contributed by atoms with E-state index in [9.17, 15) is 4.79 Å². The molecule has 5 nitrogen and oxygen atoms in total. The molecule has 1 aromatic carbocycles. The Kier molecular flexibility index (Phi) is 4.55. The molecule has 1 unspecified atom stereocenters. The molecule has 0 bridgehead atoms. The molecule has 0 fully saturated rings. The predicted octanol–water partition coefficient (Wildman–Crippen LogP) is 2.42. The molecule has 2 aromatic rings.